The van der Waals surface area contributed by atoms with Crippen molar-refractivity contribution in [3.05, 3.63) is 70.8 Å². The number of aliphatic hydroxyl groups is 1. The Morgan fingerprint density at radius 3 is 2.43 bits per heavy atom. The molecule has 0 unspecified atom stereocenters. The molecule has 1 atom stereocenters. The van der Waals surface area contributed by atoms with Crippen molar-refractivity contribution in [1.82, 2.24) is 5.32 Å². The molecule has 1 fully saturated rings. The molecule has 2 aromatic carbocycles. The third-order valence-corrected chi connectivity index (χ3v) is 4.00. The maximum atomic E-state index is 12.2. The molecular formula is C17H13ClN2O2S. The first-order valence-corrected chi connectivity index (χ1v) is 7.70. The lowest BCUT2D eigenvalue weighted by molar-refractivity contribution is -0.117. The van der Waals surface area contributed by atoms with E-state index in [2.05, 4.69) is 5.32 Å². The van der Waals surface area contributed by atoms with Crippen LogP contribution in [0.3, 0.4) is 0 Å². The smallest absolute Gasteiger partial charge is 0.257 e. The zero-order valence-electron chi connectivity index (χ0n) is 11.9. The van der Waals surface area contributed by atoms with E-state index in [9.17, 15) is 9.90 Å². The molecule has 1 saturated heterocycles. The van der Waals surface area contributed by atoms with E-state index in [1.165, 1.54) is 4.90 Å². The number of nitrogens with zero attached hydrogens (tertiary/aromatic N) is 1. The molecule has 23 heavy (non-hydrogen) atoms. The average molecular weight is 345 g/mol. The summed E-state index contributed by atoms with van der Waals surface area (Å²) in [6.07, 6.45) is 0.475. The Morgan fingerprint density at radius 2 is 1.78 bits per heavy atom. The van der Waals surface area contributed by atoms with E-state index in [4.69, 9.17) is 23.8 Å². The summed E-state index contributed by atoms with van der Waals surface area (Å²) in [6, 6.07) is 16.2. The van der Waals surface area contributed by atoms with Gasteiger partial charge in [-0.15, -0.1) is 0 Å². The monoisotopic (exact) mass is 344 g/mol. The Bertz CT molecular complexity index is 775. The van der Waals surface area contributed by atoms with Gasteiger partial charge in [-0.1, -0.05) is 41.9 Å². The number of carbonyl (C=O) groups excluding carboxylic acids is 1. The van der Waals surface area contributed by atoms with Crippen LogP contribution in [0.15, 0.2) is 60.2 Å². The van der Waals surface area contributed by atoms with Crippen LogP contribution in [0, 0.1) is 0 Å². The van der Waals surface area contributed by atoms with Gasteiger partial charge in [0.15, 0.2) is 11.3 Å². The van der Waals surface area contributed by atoms with Crippen molar-refractivity contribution in [2.24, 2.45) is 0 Å². The predicted molar refractivity (Wildman–Crippen MR) is 95.1 cm³/mol. The Balaban J connectivity index is 1.99. The second-order valence-corrected chi connectivity index (χ2v) is 5.81. The molecule has 1 amide bonds. The van der Waals surface area contributed by atoms with Crippen LogP contribution >= 0.6 is 23.8 Å². The molecule has 0 bridgehead atoms. The van der Waals surface area contributed by atoms with Crippen LogP contribution in [-0.2, 0) is 4.79 Å². The second-order valence-electron chi connectivity index (χ2n) is 4.99. The number of nitrogens with one attached hydrogen (secondary N) is 1. The molecule has 0 saturated carbocycles. The van der Waals surface area contributed by atoms with E-state index < -0.39 is 12.1 Å². The molecule has 2 N–H and O–H groups in total. The summed E-state index contributed by atoms with van der Waals surface area (Å²) in [7, 11) is 0. The van der Waals surface area contributed by atoms with Crippen molar-refractivity contribution in [2.45, 2.75) is 6.23 Å². The van der Waals surface area contributed by atoms with Crippen molar-refractivity contribution in [3.63, 3.8) is 0 Å². The van der Waals surface area contributed by atoms with Crippen LogP contribution in [0.4, 0.5) is 5.69 Å². The molecule has 0 aromatic heterocycles. The summed E-state index contributed by atoms with van der Waals surface area (Å²) < 4.78 is 0. The molecule has 1 heterocycles. The number of halogens is 1. The van der Waals surface area contributed by atoms with Crippen LogP contribution in [0.25, 0.3) is 6.08 Å². The number of hydrogen-bond donors (Lipinski definition) is 2. The highest BCUT2D eigenvalue weighted by Gasteiger charge is 2.34. The summed E-state index contributed by atoms with van der Waals surface area (Å²) in [5.41, 5.74) is 1.69. The van der Waals surface area contributed by atoms with Crippen LogP contribution in [-0.4, -0.2) is 22.4 Å². The Kier molecular flexibility index (Phi) is 4.43. The summed E-state index contributed by atoms with van der Waals surface area (Å²) in [5, 5.41) is 14.0. The van der Waals surface area contributed by atoms with Gasteiger partial charge in [0.25, 0.3) is 5.91 Å². The first-order chi connectivity index (χ1) is 11.1. The lowest BCUT2D eigenvalue weighted by atomic mass is 10.1. The van der Waals surface area contributed by atoms with Crippen molar-refractivity contribution in [1.29, 1.82) is 0 Å². The standard InChI is InChI=1S/C17H13ClN2O2S/c18-12-6-8-13(9-7-12)20-16(22)14(15(21)19-17(20)23)10-11-4-2-1-3-5-11/h1-10,16,22H,(H,19,21,23)/b14-10-/t16-/m0/s1. The van der Waals surface area contributed by atoms with Gasteiger partial charge >= 0.3 is 0 Å². The quantitative estimate of drug-likeness (QED) is 0.649. The van der Waals surface area contributed by atoms with Crippen LogP contribution in [0.2, 0.25) is 5.02 Å². The van der Waals surface area contributed by atoms with E-state index in [-0.39, 0.29) is 10.7 Å². The molecule has 0 aliphatic carbocycles. The van der Waals surface area contributed by atoms with E-state index >= 15 is 0 Å². The number of benzene rings is 2. The summed E-state index contributed by atoms with van der Waals surface area (Å²) in [6.45, 7) is 0. The first kappa shape index (κ1) is 15.7. The van der Waals surface area contributed by atoms with Crippen molar-refractivity contribution in [3.8, 4) is 0 Å². The van der Waals surface area contributed by atoms with Gasteiger partial charge in [0, 0.05) is 10.7 Å². The molecule has 6 heteroatoms. The molecule has 0 radical (unpaired) electrons. The molecule has 2 aromatic rings. The molecule has 1 aliphatic heterocycles. The highest BCUT2D eigenvalue weighted by Crippen LogP contribution is 2.26. The van der Waals surface area contributed by atoms with Crippen LogP contribution in [0.1, 0.15) is 5.56 Å². The number of hydrogen-bond acceptors (Lipinski definition) is 3. The molecule has 0 spiro atoms. The Morgan fingerprint density at radius 1 is 1.13 bits per heavy atom. The normalized spacial score (nSPS) is 19.8. The van der Waals surface area contributed by atoms with Gasteiger partial charge in [0.1, 0.15) is 0 Å². The van der Waals surface area contributed by atoms with E-state index in [1.807, 2.05) is 30.3 Å². The van der Waals surface area contributed by atoms with Gasteiger partial charge in [-0.2, -0.15) is 0 Å². The maximum Gasteiger partial charge on any atom is 0.257 e. The van der Waals surface area contributed by atoms with E-state index in [0.717, 1.165) is 5.56 Å². The zero-order valence-corrected chi connectivity index (χ0v) is 13.5. The Hall–Kier alpha value is -2.21. The SMILES string of the molecule is O=C1NC(=S)N(c2ccc(Cl)cc2)[C@@H](O)/C1=C\c1ccccc1. The fourth-order valence-corrected chi connectivity index (χ4v) is 2.75. The molecule has 116 valence electrons. The second kappa shape index (κ2) is 6.50. The maximum absolute atomic E-state index is 12.2. The van der Waals surface area contributed by atoms with Gasteiger partial charge in [-0.05, 0) is 48.1 Å². The number of thiocarbonyl (C=S) groups is 1. The first-order valence-electron chi connectivity index (χ1n) is 6.91. The van der Waals surface area contributed by atoms with Gasteiger partial charge in [-0.3, -0.25) is 15.0 Å². The molecule has 1 aliphatic rings. The minimum Gasteiger partial charge on any atom is -0.369 e. The van der Waals surface area contributed by atoms with E-state index in [1.54, 1.807) is 30.3 Å². The predicted octanol–water partition coefficient (Wildman–Crippen LogP) is 2.96. The summed E-state index contributed by atoms with van der Waals surface area (Å²) in [4.78, 5) is 13.6. The third kappa shape index (κ3) is 3.27. The van der Waals surface area contributed by atoms with Crippen molar-refractivity contribution >= 4 is 46.6 Å². The minimum absolute atomic E-state index is 0.148. The van der Waals surface area contributed by atoms with Crippen LogP contribution in [0.5, 0.6) is 0 Å². The van der Waals surface area contributed by atoms with E-state index in [0.29, 0.717) is 10.7 Å². The summed E-state index contributed by atoms with van der Waals surface area (Å²) in [5.74, 6) is -0.406. The highest BCUT2D eigenvalue weighted by atomic mass is 35.5. The number of rotatable bonds is 2. The molecule has 4 nitrogen and oxygen atoms in total. The third-order valence-electron chi connectivity index (χ3n) is 3.45. The molecular weight excluding hydrogens is 332 g/mol. The zero-order chi connectivity index (χ0) is 16.4. The Labute approximate surface area is 144 Å². The largest absolute Gasteiger partial charge is 0.369 e. The fraction of sp³-hybridized carbons (Fsp3) is 0.0588. The highest BCUT2D eigenvalue weighted by molar-refractivity contribution is 7.80. The number of aliphatic hydroxyl groups excluding tert-OH is 1. The number of amides is 1. The van der Waals surface area contributed by atoms with Crippen LogP contribution < -0.4 is 10.2 Å². The fourth-order valence-electron chi connectivity index (χ4n) is 2.33. The van der Waals surface area contributed by atoms with Gasteiger partial charge < -0.3 is 5.11 Å². The van der Waals surface area contributed by atoms with Gasteiger partial charge in [0.05, 0.1) is 5.57 Å². The van der Waals surface area contributed by atoms with Crippen molar-refractivity contribution < 1.29 is 9.90 Å². The topological polar surface area (TPSA) is 52.6 Å². The summed E-state index contributed by atoms with van der Waals surface area (Å²) >= 11 is 11.1. The number of anilines is 1. The van der Waals surface area contributed by atoms with Gasteiger partial charge in [0.2, 0.25) is 0 Å². The molecule has 3 rings (SSSR count). The van der Waals surface area contributed by atoms with Crippen molar-refractivity contribution in [2.75, 3.05) is 4.90 Å². The lowest BCUT2D eigenvalue weighted by Crippen LogP contribution is -2.56. The lowest BCUT2D eigenvalue weighted by Gasteiger charge is -2.35. The van der Waals surface area contributed by atoms with Gasteiger partial charge in [-0.25, -0.2) is 0 Å². The number of carbonyl (C=O) groups is 1. The average Bonchev–Trinajstić information content (AvgIpc) is 2.54. The minimum atomic E-state index is -1.17.